The Bertz CT molecular complexity index is 786. The summed E-state index contributed by atoms with van der Waals surface area (Å²) in [5.41, 5.74) is 0.907. The van der Waals surface area contributed by atoms with E-state index in [1.807, 2.05) is 37.3 Å². The van der Waals surface area contributed by atoms with Crippen molar-refractivity contribution in [3.05, 3.63) is 59.0 Å². The van der Waals surface area contributed by atoms with E-state index in [1.165, 1.54) is 0 Å². The van der Waals surface area contributed by atoms with Gasteiger partial charge in [-0.3, -0.25) is 14.5 Å². The molecule has 6 nitrogen and oxygen atoms in total. The molecule has 1 saturated heterocycles. The number of nitrogens with zero attached hydrogens (tertiary/aromatic N) is 1. The van der Waals surface area contributed by atoms with E-state index in [9.17, 15) is 9.59 Å². The highest BCUT2D eigenvalue weighted by Crippen LogP contribution is 2.22. The summed E-state index contributed by atoms with van der Waals surface area (Å²) >= 11 is 6.19. The Morgan fingerprint density at radius 2 is 1.96 bits per heavy atom. The van der Waals surface area contributed by atoms with Gasteiger partial charge in [-0.25, -0.2) is 0 Å². The van der Waals surface area contributed by atoms with Crippen molar-refractivity contribution in [2.45, 2.75) is 32.4 Å². The number of nitrogens with one attached hydrogen (secondary N) is 2. The largest absolute Gasteiger partial charge is 0.467 e. The first-order valence-corrected chi connectivity index (χ1v) is 9.97. The third-order valence-corrected chi connectivity index (χ3v) is 5.44. The number of carbonyl (C=O) groups is 2. The van der Waals surface area contributed by atoms with Gasteiger partial charge in [0.05, 0.1) is 25.4 Å². The summed E-state index contributed by atoms with van der Waals surface area (Å²) in [7, 11) is 0. The van der Waals surface area contributed by atoms with Gasteiger partial charge < -0.3 is 15.1 Å². The van der Waals surface area contributed by atoms with Gasteiger partial charge in [0, 0.05) is 10.9 Å². The third-order valence-electron chi connectivity index (χ3n) is 5.09. The zero-order valence-corrected chi connectivity index (χ0v) is 16.7. The number of hydrogen-bond donors (Lipinski definition) is 2. The molecule has 1 unspecified atom stereocenters. The van der Waals surface area contributed by atoms with Crippen LogP contribution in [-0.2, 0) is 16.1 Å². The van der Waals surface area contributed by atoms with Gasteiger partial charge in [0.1, 0.15) is 5.76 Å². The smallest absolute Gasteiger partial charge is 0.234 e. The lowest BCUT2D eigenvalue weighted by molar-refractivity contribution is -0.127. The SMILES string of the molecule is CC(NC(=O)CN1CCC(C(=O)NCc2ccco2)CC1)c1ccccc1Cl. The van der Waals surface area contributed by atoms with Gasteiger partial charge in [0.25, 0.3) is 0 Å². The van der Waals surface area contributed by atoms with E-state index in [0.717, 1.165) is 37.3 Å². The second-order valence-electron chi connectivity index (χ2n) is 7.16. The second kappa shape index (κ2) is 9.75. The Balaban J connectivity index is 1.39. The molecule has 0 saturated carbocycles. The van der Waals surface area contributed by atoms with Crippen LogP contribution in [0, 0.1) is 5.92 Å². The number of furan rings is 1. The van der Waals surface area contributed by atoms with Gasteiger partial charge in [-0.2, -0.15) is 0 Å². The van der Waals surface area contributed by atoms with Crippen molar-refractivity contribution < 1.29 is 14.0 Å². The topological polar surface area (TPSA) is 74.6 Å². The molecule has 3 rings (SSSR count). The summed E-state index contributed by atoms with van der Waals surface area (Å²) < 4.78 is 5.23. The van der Waals surface area contributed by atoms with Crippen molar-refractivity contribution in [1.82, 2.24) is 15.5 Å². The lowest BCUT2D eigenvalue weighted by Crippen LogP contribution is -2.44. The summed E-state index contributed by atoms with van der Waals surface area (Å²) in [6.07, 6.45) is 3.09. The van der Waals surface area contributed by atoms with E-state index in [-0.39, 0.29) is 23.8 Å². The summed E-state index contributed by atoms with van der Waals surface area (Å²) in [4.78, 5) is 26.8. The van der Waals surface area contributed by atoms with Gasteiger partial charge in [0.2, 0.25) is 11.8 Å². The fraction of sp³-hybridized carbons (Fsp3) is 0.429. The molecule has 1 aliphatic heterocycles. The molecular formula is C21H26ClN3O3. The summed E-state index contributed by atoms with van der Waals surface area (Å²) in [6, 6.07) is 11.0. The van der Waals surface area contributed by atoms with Gasteiger partial charge in [-0.05, 0) is 56.6 Å². The van der Waals surface area contributed by atoms with Crippen molar-refractivity contribution in [2.24, 2.45) is 5.92 Å². The minimum absolute atomic E-state index is 0.0173. The van der Waals surface area contributed by atoms with Gasteiger partial charge >= 0.3 is 0 Å². The molecule has 1 aliphatic rings. The molecule has 1 aromatic carbocycles. The average Bonchev–Trinajstić information content (AvgIpc) is 3.20. The molecule has 7 heteroatoms. The van der Waals surface area contributed by atoms with E-state index in [4.69, 9.17) is 16.0 Å². The van der Waals surface area contributed by atoms with Crippen LogP contribution in [0.2, 0.25) is 5.02 Å². The maximum absolute atomic E-state index is 12.4. The maximum Gasteiger partial charge on any atom is 0.234 e. The molecule has 0 radical (unpaired) electrons. The number of hydrogen-bond acceptors (Lipinski definition) is 4. The Kier molecular flexibility index (Phi) is 7.12. The lowest BCUT2D eigenvalue weighted by atomic mass is 9.96. The fourth-order valence-corrected chi connectivity index (χ4v) is 3.78. The Labute approximate surface area is 170 Å². The zero-order valence-electron chi connectivity index (χ0n) is 16.0. The van der Waals surface area contributed by atoms with Gasteiger partial charge in [-0.15, -0.1) is 0 Å². The van der Waals surface area contributed by atoms with Crippen LogP contribution >= 0.6 is 11.6 Å². The number of benzene rings is 1. The normalized spacial score (nSPS) is 16.5. The van der Waals surface area contributed by atoms with Crippen LogP contribution in [0.25, 0.3) is 0 Å². The van der Waals surface area contributed by atoms with E-state index in [0.29, 0.717) is 18.1 Å². The molecule has 2 N–H and O–H groups in total. The van der Waals surface area contributed by atoms with E-state index >= 15 is 0 Å². The highest BCUT2D eigenvalue weighted by molar-refractivity contribution is 6.31. The first kappa shape index (κ1) is 20.4. The monoisotopic (exact) mass is 403 g/mol. The molecule has 2 heterocycles. The predicted molar refractivity (Wildman–Crippen MR) is 108 cm³/mol. The highest BCUT2D eigenvalue weighted by atomic mass is 35.5. The number of likely N-dealkylation sites (tertiary alicyclic amines) is 1. The molecule has 2 aromatic rings. The van der Waals surface area contributed by atoms with E-state index in [1.54, 1.807) is 12.3 Å². The molecule has 0 aliphatic carbocycles. The predicted octanol–water partition coefficient (Wildman–Crippen LogP) is 3.14. The Morgan fingerprint density at radius 3 is 2.64 bits per heavy atom. The maximum atomic E-state index is 12.4. The van der Waals surface area contributed by atoms with Gasteiger partial charge in [-0.1, -0.05) is 29.8 Å². The van der Waals surface area contributed by atoms with Crippen LogP contribution in [0.1, 0.15) is 37.1 Å². The zero-order chi connectivity index (χ0) is 19.9. The van der Waals surface area contributed by atoms with Gasteiger partial charge in [0.15, 0.2) is 0 Å². The second-order valence-corrected chi connectivity index (χ2v) is 7.57. The number of amides is 2. The van der Waals surface area contributed by atoms with E-state index in [2.05, 4.69) is 15.5 Å². The van der Waals surface area contributed by atoms with Crippen LogP contribution in [0.3, 0.4) is 0 Å². The summed E-state index contributed by atoms with van der Waals surface area (Å²) in [6.45, 7) is 4.12. The highest BCUT2D eigenvalue weighted by Gasteiger charge is 2.26. The van der Waals surface area contributed by atoms with Crippen LogP contribution in [0.15, 0.2) is 47.1 Å². The molecule has 1 atom stereocenters. The fourth-order valence-electron chi connectivity index (χ4n) is 3.48. The molecule has 0 spiro atoms. The molecule has 2 amide bonds. The Hall–Kier alpha value is -2.31. The first-order chi connectivity index (χ1) is 13.5. The average molecular weight is 404 g/mol. The van der Waals surface area contributed by atoms with Crippen molar-refractivity contribution in [3.63, 3.8) is 0 Å². The van der Waals surface area contributed by atoms with Crippen molar-refractivity contribution in [3.8, 4) is 0 Å². The lowest BCUT2D eigenvalue weighted by Gasteiger charge is -2.31. The molecule has 28 heavy (non-hydrogen) atoms. The minimum atomic E-state index is -0.147. The minimum Gasteiger partial charge on any atom is -0.467 e. The standard InChI is InChI=1S/C21H26ClN3O3/c1-15(18-6-2-3-7-19(18)22)24-20(26)14-25-10-8-16(9-11-25)21(27)23-13-17-5-4-12-28-17/h2-7,12,15-16H,8-11,13-14H2,1H3,(H,23,27)(H,24,26). The molecular weight excluding hydrogens is 378 g/mol. The Morgan fingerprint density at radius 1 is 1.21 bits per heavy atom. The van der Waals surface area contributed by atoms with E-state index < -0.39 is 0 Å². The molecule has 0 bridgehead atoms. The van der Waals surface area contributed by atoms with Crippen LogP contribution in [0.5, 0.6) is 0 Å². The van der Waals surface area contributed by atoms with Crippen LogP contribution in [-0.4, -0.2) is 36.3 Å². The molecule has 1 aromatic heterocycles. The molecule has 150 valence electrons. The van der Waals surface area contributed by atoms with Crippen molar-refractivity contribution >= 4 is 23.4 Å². The summed E-state index contributed by atoms with van der Waals surface area (Å²) in [5, 5.41) is 6.57. The third kappa shape index (κ3) is 5.59. The van der Waals surface area contributed by atoms with Crippen molar-refractivity contribution in [2.75, 3.05) is 19.6 Å². The van der Waals surface area contributed by atoms with Crippen molar-refractivity contribution in [1.29, 1.82) is 0 Å². The van der Waals surface area contributed by atoms with Crippen LogP contribution in [0.4, 0.5) is 0 Å². The number of rotatable bonds is 7. The number of piperidine rings is 1. The number of halogens is 1. The quantitative estimate of drug-likeness (QED) is 0.744. The molecule has 1 fully saturated rings. The number of carbonyl (C=O) groups excluding carboxylic acids is 2. The first-order valence-electron chi connectivity index (χ1n) is 9.59. The summed E-state index contributed by atoms with van der Waals surface area (Å²) in [5.74, 6) is 0.743. The van der Waals surface area contributed by atoms with Crippen LogP contribution < -0.4 is 10.6 Å².